The lowest BCUT2D eigenvalue weighted by molar-refractivity contribution is 0.286. The molecule has 2 aromatic carbocycles. The van der Waals surface area contributed by atoms with Gasteiger partial charge in [-0.15, -0.1) is 0 Å². The molecule has 4 heteroatoms. The standard InChI is InChI=1S/C19H21ClN2O/c1-13(2)11-22-17-10-15(20)8-9-16(17)21-19(22)12-23-18-7-5-4-6-14(18)3/h4-10,13H,11-12H2,1-3H3. The van der Waals surface area contributed by atoms with Crippen molar-refractivity contribution in [3.8, 4) is 5.75 Å². The molecule has 0 bridgehead atoms. The molecular formula is C19H21ClN2O. The van der Waals surface area contributed by atoms with E-state index in [1.165, 1.54) is 0 Å². The van der Waals surface area contributed by atoms with Gasteiger partial charge < -0.3 is 9.30 Å². The summed E-state index contributed by atoms with van der Waals surface area (Å²) in [6.45, 7) is 7.78. The fourth-order valence-electron chi connectivity index (χ4n) is 2.69. The van der Waals surface area contributed by atoms with Gasteiger partial charge in [0, 0.05) is 11.6 Å². The minimum absolute atomic E-state index is 0.448. The highest BCUT2D eigenvalue weighted by molar-refractivity contribution is 6.31. The summed E-state index contributed by atoms with van der Waals surface area (Å²) >= 11 is 6.16. The van der Waals surface area contributed by atoms with Crippen molar-refractivity contribution < 1.29 is 4.74 Å². The van der Waals surface area contributed by atoms with Gasteiger partial charge in [0.2, 0.25) is 0 Å². The number of hydrogen-bond acceptors (Lipinski definition) is 2. The van der Waals surface area contributed by atoms with E-state index in [-0.39, 0.29) is 0 Å². The first-order valence-corrected chi connectivity index (χ1v) is 8.25. The van der Waals surface area contributed by atoms with E-state index in [1.54, 1.807) is 0 Å². The molecule has 1 aromatic heterocycles. The van der Waals surface area contributed by atoms with E-state index >= 15 is 0 Å². The molecular weight excluding hydrogens is 308 g/mol. The molecule has 120 valence electrons. The van der Waals surface area contributed by atoms with E-state index in [1.807, 2.05) is 49.4 Å². The van der Waals surface area contributed by atoms with Crippen molar-refractivity contribution in [1.29, 1.82) is 0 Å². The first-order chi connectivity index (χ1) is 11.0. The lowest BCUT2D eigenvalue weighted by atomic mass is 10.2. The van der Waals surface area contributed by atoms with Crippen LogP contribution in [-0.4, -0.2) is 9.55 Å². The Kier molecular flexibility index (Phi) is 4.58. The second-order valence-corrected chi connectivity index (χ2v) is 6.66. The van der Waals surface area contributed by atoms with Gasteiger partial charge in [-0.3, -0.25) is 0 Å². The molecule has 0 saturated carbocycles. The molecule has 3 nitrogen and oxygen atoms in total. The van der Waals surface area contributed by atoms with Crippen molar-refractivity contribution in [2.24, 2.45) is 5.92 Å². The Morgan fingerprint density at radius 2 is 1.96 bits per heavy atom. The Labute approximate surface area is 141 Å². The number of ether oxygens (including phenoxy) is 1. The predicted octanol–water partition coefficient (Wildman–Crippen LogP) is 5.23. The van der Waals surface area contributed by atoms with Crippen LogP contribution in [0.5, 0.6) is 5.75 Å². The van der Waals surface area contributed by atoms with Gasteiger partial charge in [-0.1, -0.05) is 43.6 Å². The highest BCUT2D eigenvalue weighted by Crippen LogP contribution is 2.24. The average Bonchev–Trinajstić information content (AvgIpc) is 2.83. The lowest BCUT2D eigenvalue weighted by Crippen LogP contribution is -2.11. The maximum absolute atomic E-state index is 6.16. The van der Waals surface area contributed by atoms with E-state index in [2.05, 4.69) is 18.4 Å². The number of fused-ring (bicyclic) bond motifs is 1. The zero-order chi connectivity index (χ0) is 16.4. The highest BCUT2D eigenvalue weighted by atomic mass is 35.5. The molecule has 0 spiro atoms. The molecule has 23 heavy (non-hydrogen) atoms. The highest BCUT2D eigenvalue weighted by Gasteiger charge is 2.13. The van der Waals surface area contributed by atoms with Crippen LogP contribution in [0.2, 0.25) is 5.02 Å². The van der Waals surface area contributed by atoms with Crippen LogP contribution in [0, 0.1) is 12.8 Å². The Bertz CT molecular complexity index is 823. The van der Waals surface area contributed by atoms with Gasteiger partial charge in [0.05, 0.1) is 11.0 Å². The molecule has 3 rings (SSSR count). The predicted molar refractivity (Wildman–Crippen MR) is 95.1 cm³/mol. The quantitative estimate of drug-likeness (QED) is 0.641. The second-order valence-electron chi connectivity index (χ2n) is 6.22. The Hall–Kier alpha value is -2.00. The zero-order valence-electron chi connectivity index (χ0n) is 13.7. The van der Waals surface area contributed by atoms with Crippen molar-refractivity contribution in [2.45, 2.75) is 33.9 Å². The minimum Gasteiger partial charge on any atom is -0.485 e. The largest absolute Gasteiger partial charge is 0.485 e. The molecule has 0 radical (unpaired) electrons. The van der Waals surface area contributed by atoms with Gasteiger partial charge in [-0.25, -0.2) is 4.98 Å². The first kappa shape index (κ1) is 15.9. The Morgan fingerprint density at radius 3 is 2.70 bits per heavy atom. The molecule has 0 aliphatic rings. The van der Waals surface area contributed by atoms with Crippen LogP contribution >= 0.6 is 11.6 Å². The SMILES string of the molecule is Cc1ccccc1OCc1nc2ccc(Cl)cc2n1CC(C)C. The molecule has 0 saturated heterocycles. The summed E-state index contributed by atoms with van der Waals surface area (Å²) in [4.78, 5) is 4.73. The van der Waals surface area contributed by atoms with Crippen molar-refractivity contribution in [1.82, 2.24) is 9.55 Å². The van der Waals surface area contributed by atoms with Crippen molar-refractivity contribution in [3.63, 3.8) is 0 Å². The summed E-state index contributed by atoms with van der Waals surface area (Å²) in [5.74, 6) is 2.34. The number of para-hydroxylation sites is 1. The van der Waals surface area contributed by atoms with Crippen LogP contribution in [0.4, 0.5) is 0 Å². The number of aromatic nitrogens is 2. The van der Waals surface area contributed by atoms with E-state index in [0.717, 1.165) is 39.7 Å². The molecule has 0 aliphatic heterocycles. The topological polar surface area (TPSA) is 27.1 Å². The molecule has 0 atom stereocenters. The molecule has 3 aromatic rings. The fourth-order valence-corrected chi connectivity index (χ4v) is 2.85. The van der Waals surface area contributed by atoms with E-state index in [0.29, 0.717) is 12.5 Å². The van der Waals surface area contributed by atoms with Crippen LogP contribution in [0.1, 0.15) is 25.2 Å². The second kappa shape index (κ2) is 6.63. The Morgan fingerprint density at radius 1 is 1.17 bits per heavy atom. The fraction of sp³-hybridized carbons (Fsp3) is 0.316. The van der Waals surface area contributed by atoms with Gasteiger partial charge in [0.15, 0.2) is 0 Å². The number of halogens is 1. The van der Waals surface area contributed by atoms with Crippen LogP contribution in [-0.2, 0) is 13.2 Å². The number of aryl methyl sites for hydroxylation is 1. The number of benzene rings is 2. The number of rotatable bonds is 5. The summed E-state index contributed by atoms with van der Waals surface area (Å²) in [5.41, 5.74) is 3.15. The van der Waals surface area contributed by atoms with Crippen LogP contribution in [0.15, 0.2) is 42.5 Å². The minimum atomic E-state index is 0.448. The summed E-state index contributed by atoms with van der Waals surface area (Å²) in [7, 11) is 0. The van der Waals surface area contributed by atoms with E-state index < -0.39 is 0 Å². The lowest BCUT2D eigenvalue weighted by Gasteiger charge is -2.13. The zero-order valence-corrected chi connectivity index (χ0v) is 14.5. The summed E-state index contributed by atoms with van der Waals surface area (Å²) < 4.78 is 8.20. The third kappa shape index (κ3) is 3.50. The molecule has 0 fully saturated rings. The normalized spacial score (nSPS) is 11.3. The summed E-state index contributed by atoms with van der Waals surface area (Å²) in [6, 6.07) is 13.9. The maximum Gasteiger partial charge on any atom is 0.148 e. The molecule has 0 unspecified atom stereocenters. The third-order valence-corrected chi connectivity index (χ3v) is 4.02. The van der Waals surface area contributed by atoms with E-state index in [4.69, 9.17) is 21.3 Å². The van der Waals surface area contributed by atoms with Crippen molar-refractivity contribution in [2.75, 3.05) is 0 Å². The molecule has 0 amide bonds. The number of hydrogen-bond donors (Lipinski definition) is 0. The third-order valence-electron chi connectivity index (χ3n) is 3.79. The first-order valence-electron chi connectivity index (χ1n) is 7.87. The number of imidazole rings is 1. The van der Waals surface area contributed by atoms with E-state index in [9.17, 15) is 0 Å². The smallest absolute Gasteiger partial charge is 0.148 e. The van der Waals surface area contributed by atoms with Gasteiger partial charge in [-0.2, -0.15) is 0 Å². The van der Waals surface area contributed by atoms with Gasteiger partial charge in [-0.05, 0) is 42.7 Å². The molecule has 0 N–H and O–H groups in total. The average molecular weight is 329 g/mol. The molecule has 0 aliphatic carbocycles. The van der Waals surface area contributed by atoms with Gasteiger partial charge >= 0.3 is 0 Å². The van der Waals surface area contributed by atoms with Gasteiger partial charge in [0.1, 0.15) is 18.2 Å². The van der Waals surface area contributed by atoms with Crippen LogP contribution in [0.3, 0.4) is 0 Å². The van der Waals surface area contributed by atoms with Crippen molar-refractivity contribution >= 4 is 22.6 Å². The maximum atomic E-state index is 6.16. The van der Waals surface area contributed by atoms with Crippen LogP contribution in [0.25, 0.3) is 11.0 Å². The summed E-state index contributed by atoms with van der Waals surface area (Å²) in [5, 5.41) is 0.730. The van der Waals surface area contributed by atoms with Crippen LogP contribution < -0.4 is 4.74 Å². The monoisotopic (exact) mass is 328 g/mol. The van der Waals surface area contributed by atoms with Crippen molar-refractivity contribution in [3.05, 3.63) is 58.9 Å². The Balaban J connectivity index is 1.94. The number of nitrogens with zero attached hydrogens (tertiary/aromatic N) is 2. The van der Waals surface area contributed by atoms with Gasteiger partial charge in [0.25, 0.3) is 0 Å². The summed E-state index contributed by atoms with van der Waals surface area (Å²) in [6.07, 6.45) is 0. The molecule has 1 heterocycles.